The molecular formula is C27H30N4O4S. The van der Waals surface area contributed by atoms with Crippen molar-refractivity contribution in [3.8, 4) is 11.4 Å². The maximum atomic E-state index is 13.3. The fourth-order valence-corrected chi connectivity index (χ4v) is 5.61. The lowest BCUT2D eigenvalue weighted by atomic mass is 9.92. The number of aryl methyl sites for hydroxylation is 1. The number of hydrogen-bond donors (Lipinski definition) is 1. The molecular weight excluding hydrogens is 476 g/mol. The van der Waals surface area contributed by atoms with Crippen LogP contribution in [0.25, 0.3) is 11.4 Å². The second-order valence-corrected chi connectivity index (χ2v) is 10.4. The number of anilines is 1. The van der Waals surface area contributed by atoms with E-state index in [1.165, 1.54) is 0 Å². The van der Waals surface area contributed by atoms with Crippen LogP contribution in [0.5, 0.6) is 0 Å². The normalized spacial score (nSPS) is 18.7. The monoisotopic (exact) mass is 506 g/mol. The third-order valence-corrected chi connectivity index (χ3v) is 7.96. The molecule has 36 heavy (non-hydrogen) atoms. The van der Waals surface area contributed by atoms with Gasteiger partial charge < -0.3 is 19.9 Å². The average molecular weight is 507 g/mol. The molecule has 2 aliphatic rings. The zero-order valence-electron chi connectivity index (χ0n) is 20.3. The Balaban J connectivity index is 1.36. The lowest BCUT2D eigenvalue weighted by Gasteiger charge is -2.25. The van der Waals surface area contributed by atoms with E-state index in [2.05, 4.69) is 10.1 Å². The lowest BCUT2D eigenvalue weighted by Crippen LogP contribution is -2.44. The van der Waals surface area contributed by atoms with Gasteiger partial charge in [-0.25, -0.2) is 0 Å². The zero-order valence-corrected chi connectivity index (χ0v) is 21.1. The molecule has 1 amide bonds. The van der Waals surface area contributed by atoms with Crippen LogP contribution in [-0.4, -0.2) is 46.8 Å². The number of fused-ring (bicyclic) bond motifs is 1. The zero-order chi connectivity index (χ0) is 25.1. The molecule has 1 atom stereocenters. The molecule has 0 bridgehead atoms. The molecule has 0 radical (unpaired) electrons. The Bertz CT molecular complexity index is 1240. The number of nitrogens with zero attached hydrogens (tertiary/aromatic N) is 3. The number of rotatable bonds is 7. The highest BCUT2D eigenvalue weighted by Crippen LogP contribution is 2.36. The number of carbonyl (C=O) groups excluding carboxylic acids is 2. The molecule has 8 nitrogen and oxygen atoms in total. The number of benzene rings is 2. The molecule has 0 spiro atoms. The van der Waals surface area contributed by atoms with Gasteiger partial charge in [0.05, 0.1) is 18.3 Å². The summed E-state index contributed by atoms with van der Waals surface area (Å²) in [7, 11) is 0. The van der Waals surface area contributed by atoms with E-state index < -0.39 is 6.04 Å². The molecule has 2 aliphatic heterocycles. The topological polar surface area (TPSA) is 112 Å². The quantitative estimate of drug-likeness (QED) is 0.469. The number of ether oxygens (including phenoxy) is 1. The molecule has 9 heteroatoms. The van der Waals surface area contributed by atoms with Crippen LogP contribution in [0, 0.1) is 12.8 Å². The minimum atomic E-state index is -0.614. The van der Waals surface area contributed by atoms with Gasteiger partial charge in [0.2, 0.25) is 17.6 Å². The summed E-state index contributed by atoms with van der Waals surface area (Å²) in [4.78, 5) is 33.3. The fourth-order valence-electron chi connectivity index (χ4n) is 4.63. The molecule has 1 fully saturated rings. The number of aromatic nitrogens is 2. The predicted octanol–water partition coefficient (Wildman–Crippen LogP) is 4.40. The van der Waals surface area contributed by atoms with Gasteiger partial charge in [0.15, 0.2) is 5.78 Å². The Morgan fingerprint density at radius 1 is 1.17 bits per heavy atom. The summed E-state index contributed by atoms with van der Waals surface area (Å²) in [6, 6.07) is 12.8. The molecule has 5 rings (SSSR count). The molecule has 2 aromatic carbocycles. The van der Waals surface area contributed by atoms with Gasteiger partial charge in [0, 0.05) is 48.3 Å². The highest BCUT2D eigenvalue weighted by atomic mass is 32.2. The summed E-state index contributed by atoms with van der Waals surface area (Å²) in [6.07, 6.45) is 3.40. The van der Waals surface area contributed by atoms with E-state index in [1.54, 1.807) is 23.6 Å². The van der Waals surface area contributed by atoms with E-state index >= 15 is 0 Å². The van der Waals surface area contributed by atoms with E-state index in [1.807, 2.05) is 42.5 Å². The molecule has 0 aliphatic carbocycles. The van der Waals surface area contributed by atoms with Crippen LogP contribution < -0.4 is 10.6 Å². The second-order valence-electron chi connectivity index (χ2n) is 9.38. The number of thioether (sulfide) groups is 1. The van der Waals surface area contributed by atoms with E-state index in [4.69, 9.17) is 15.0 Å². The third-order valence-electron chi connectivity index (χ3n) is 6.77. The van der Waals surface area contributed by atoms with Crippen molar-refractivity contribution in [3.05, 3.63) is 59.5 Å². The Morgan fingerprint density at radius 3 is 2.67 bits per heavy atom. The molecule has 1 saturated heterocycles. The van der Waals surface area contributed by atoms with Crippen molar-refractivity contribution >= 4 is 29.1 Å². The van der Waals surface area contributed by atoms with Crippen molar-refractivity contribution in [1.29, 1.82) is 0 Å². The van der Waals surface area contributed by atoms with E-state index in [0.29, 0.717) is 41.9 Å². The van der Waals surface area contributed by atoms with Crippen molar-refractivity contribution < 1.29 is 18.8 Å². The predicted molar refractivity (Wildman–Crippen MR) is 138 cm³/mol. The second kappa shape index (κ2) is 10.9. The maximum absolute atomic E-state index is 13.3. The van der Waals surface area contributed by atoms with Crippen LogP contribution in [0.3, 0.4) is 0 Å². The van der Waals surface area contributed by atoms with Crippen LogP contribution in [-0.2, 0) is 16.1 Å². The standard InChI is InChI=1S/C27H30N4O4S/c1-17-29-26(30-35-17)20-5-2-19(3-6-20)15-31-23-14-21(7-9-25(23)36-16-22(28)27(31)33)24(32)8-4-18-10-12-34-13-11-18/h2-3,5-7,9,14,18,22H,4,8,10-13,15-16,28H2,1H3/t22-/m0/s1. The first-order valence-corrected chi connectivity index (χ1v) is 13.3. The van der Waals surface area contributed by atoms with E-state index in [0.717, 1.165) is 54.2 Å². The minimum absolute atomic E-state index is 0.106. The van der Waals surface area contributed by atoms with E-state index in [-0.39, 0.29) is 11.7 Å². The molecule has 3 aromatic rings. The van der Waals surface area contributed by atoms with Gasteiger partial charge in [-0.05, 0) is 42.9 Å². The van der Waals surface area contributed by atoms with Gasteiger partial charge in [-0.3, -0.25) is 9.59 Å². The number of Topliss-reactive ketones (excluding diaryl/α,β-unsaturated/α-hetero) is 1. The van der Waals surface area contributed by atoms with Gasteiger partial charge in [-0.1, -0.05) is 35.5 Å². The summed E-state index contributed by atoms with van der Waals surface area (Å²) in [5.41, 5.74) is 9.37. The number of ketones is 1. The smallest absolute Gasteiger partial charge is 0.245 e. The molecule has 2 N–H and O–H groups in total. The van der Waals surface area contributed by atoms with Gasteiger partial charge in [0.1, 0.15) is 0 Å². The Labute approximate surface area is 214 Å². The largest absolute Gasteiger partial charge is 0.381 e. The van der Waals surface area contributed by atoms with Crippen molar-refractivity contribution in [2.45, 2.75) is 50.1 Å². The number of nitrogens with two attached hydrogens (primary N) is 1. The van der Waals surface area contributed by atoms with Gasteiger partial charge >= 0.3 is 0 Å². The summed E-state index contributed by atoms with van der Waals surface area (Å²) < 4.78 is 10.5. The molecule has 1 aromatic heterocycles. The van der Waals surface area contributed by atoms with Crippen LogP contribution in [0.1, 0.15) is 47.5 Å². The van der Waals surface area contributed by atoms with Crippen molar-refractivity contribution in [1.82, 2.24) is 10.1 Å². The van der Waals surface area contributed by atoms with Crippen LogP contribution in [0.4, 0.5) is 5.69 Å². The first kappa shape index (κ1) is 24.7. The highest BCUT2D eigenvalue weighted by Gasteiger charge is 2.29. The first-order chi connectivity index (χ1) is 17.5. The van der Waals surface area contributed by atoms with Crippen molar-refractivity contribution in [3.63, 3.8) is 0 Å². The summed E-state index contributed by atoms with van der Waals surface area (Å²) in [6.45, 7) is 3.66. The summed E-state index contributed by atoms with van der Waals surface area (Å²) >= 11 is 1.55. The number of hydrogen-bond acceptors (Lipinski definition) is 8. The summed E-state index contributed by atoms with van der Waals surface area (Å²) in [5, 5.41) is 3.96. The maximum Gasteiger partial charge on any atom is 0.245 e. The molecule has 188 valence electrons. The third kappa shape index (κ3) is 5.53. The molecule has 3 heterocycles. The van der Waals surface area contributed by atoms with Gasteiger partial charge in [-0.15, -0.1) is 11.8 Å². The van der Waals surface area contributed by atoms with Gasteiger partial charge in [0.25, 0.3) is 0 Å². The van der Waals surface area contributed by atoms with E-state index in [9.17, 15) is 9.59 Å². The number of amides is 1. The Kier molecular flexibility index (Phi) is 7.50. The van der Waals surface area contributed by atoms with Gasteiger partial charge in [-0.2, -0.15) is 4.98 Å². The minimum Gasteiger partial charge on any atom is -0.381 e. The Morgan fingerprint density at radius 2 is 1.94 bits per heavy atom. The molecule has 0 saturated carbocycles. The lowest BCUT2D eigenvalue weighted by molar-refractivity contribution is -0.119. The van der Waals surface area contributed by atoms with Crippen LogP contribution >= 0.6 is 11.8 Å². The first-order valence-electron chi connectivity index (χ1n) is 12.3. The SMILES string of the molecule is Cc1nc(-c2ccc(CN3C(=O)[C@@H](N)CSc4ccc(C(=O)CCC5CCOCC5)cc43)cc2)no1. The Hall–Kier alpha value is -3.01. The highest BCUT2D eigenvalue weighted by molar-refractivity contribution is 7.99. The fraction of sp³-hybridized carbons (Fsp3) is 0.407. The van der Waals surface area contributed by atoms with Crippen LogP contribution in [0.2, 0.25) is 0 Å². The van der Waals surface area contributed by atoms with Crippen molar-refractivity contribution in [2.75, 3.05) is 23.9 Å². The number of carbonyl (C=O) groups is 2. The summed E-state index contributed by atoms with van der Waals surface area (Å²) in [5.74, 6) is 2.02. The molecule has 0 unspecified atom stereocenters. The van der Waals surface area contributed by atoms with Crippen LogP contribution in [0.15, 0.2) is 51.9 Å². The average Bonchev–Trinajstić information content (AvgIpc) is 3.31. The van der Waals surface area contributed by atoms with Crippen molar-refractivity contribution in [2.24, 2.45) is 11.7 Å².